The largest absolute Gasteiger partial charge is 0.347 e. The number of hydrogen-bond acceptors (Lipinski definition) is 4. The number of carbonyl (C=O) groups excluding carboxylic acids is 2. The van der Waals surface area contributed by atoms with Crippen molar-refractivity contribution in [2.75, 3.05) is 6.54 Å². The van der Waals surface area contributed by atoms with Gasteiger partial charge in [0.15, 0.2) is 0 Å². The van der Waals surface area contributed by atoms with Crippen molar-refractivity contribution in [1.82, 2.24) is 14.9 Å². The lowest BCUT2D eigenvalue weighted by atomic mass is 9.98. The van der Waals surface area contributed by atoms with Gasteiger partial charge in [0, 0.05) is 34.6 Å². The molecule has 0 saturated carbocycles. The third-order valence-electron chi connectivity index (χ3n) is 5.45. The van der Waals surface area contributed by atoms with Crippen molar-refractivity contribution in [3.63, 3.8) is 0 Å². The van der Waals surface area contributed by atoms with Gasteiger partial charge in [-0.05, 0) is 31.2 Å². The number of carbonyl (C=O) groups is 2. The number of nitrogens with one attached hydrogen (secondary N) is 1. The summed E-state index contributed by atoms with van der Waals surface area (Å²) < 4.78 is 2.09. The molecule has 3 N–H and O–H groups in total. The molecule has 30 heavy (non-hydrogen) atoms. The number of aromatic nitrogens is 2. The summed E-state index contributed by atoms with van der Waals surface area (Å²) in [4.78, 5) is 30.3. The molecule has 0 spiro atoms. The summed E-state index contributed by atoms with van der Waals surface area (Å²) in [7, 11) is 0. The second kappa shape index (κ2) is 7.24. The first-order valence-corrected chi connectivity index (χ1v) is 9.92. The lowest BCUT2D eigenvalue weighted by molar-refractivity contribution is -0.122. The molecule has 2 aromatic heterocycles. The second-order valence-corrected chi connectivity index (χ2v) is 7.32. The fourth-order valence-corrected chi connectivity index (χ4v) is 4.05. The van der Waals surface area contributed by atoms with Gasteiger partial charge in [-0.15, -0.1) is 0 Å². The van der Waals surface area contributed by atoms with E-state index >= 15 is 0 Å². The van der Waals surface area contributed by atoms with E-state index in [1.807, 2.05) is 60.8 Å². The molecule has 0 unspecified atom stereocenters. The molecule has 1 aliphatic heterocycles. The number of amides is 2. The van der Waals surface area contributed by atoms with Gasteiger partial charge in [0.1, 0.15) is 0 Å². The molecule has 0 fully saturated rings. The highest BCUT2D eigenvalue weighted by molar-refractivity contribution is 6.49. The summed E-state index contributed by atoms with van der Waals surface area (Å²) in [6.07, 6.45) is 2.76. The van der Waals surface area contributed by atoms with Crippen molar-refractivity contribution in [3.8, 4) is 0 Å². The van der Waals surface area contributed by atoms with E-state index in [0.717, 1.165) is 40.3 Å². The number of nitrogens with zero attached hydrogens (tertiary/aromatic N) is 2. The highest BCUT2D eigenvalue weighted by atomic mass is 16.2. The first-order chi connectivity index (χ1) is 14.7. The minimum atomic E-state index is -0.420. The standard InChI is InChI=1S/C24H20N4O2/c25-12-5-13-28-14-17(16-7-2-4-9-20(16)28)21-22(24(30)27-23(21)29)19-11-10-15-6-1-3-8-18(15)26-19/h1-4,6-11,14H,5,12-13,25H2,(H,27,29,30). The summed E-state index contributed by atoms with van der Waals surface area (Å²) in [5, 5.41) is 4.36. The Morgan fingerprint density at radius 2 is 1.67 bits per heavy atom. The summed E-state index contributed by atoms with van der Waals surface area (Å²) in [6, 6.07) is 19.3. The van der Waals surface area contributed by atoms with Gasteiger partial charge in [-0.2, -0.15) is 0 Å². The van der Waals surface area contributed by atoms with Crippen LogP contribution in [0.25, 0.3) is 33.0 Å². The van der Waals surface area contributed by atoms with Crippen LogP contribution in [0.1, 0.15) is 17.7 Å². The van der Waals surface area contributed by atoms with Crippen LogP contribution >= 0.6 is 0 Å². The Hall–Kier alpha value is -3.77. The Bertz CT molecular complexity index is 1350. The van der Waals surface area contributed by atoms with Crippen molar-refractivity contribution in [3.05, 3.63) is 78.1 Å². The zero-order chi connectivity index (χ0) is 20.7. The van der Waals surface area contributed by atoms with Gasteiger partial charge in [-0.1, -0.05) is 42.5 Å². The van der Waals surface area contributed by atoms with Crippen molar-refractivity contribution < 1.29 is 9.59 Å². The van der Waals surface area contributed by atoms with Crippen LogP contribution in [0.3, 0.4) is 0 Å². The zero-order valence-corrected chi connectivity index (χ0v) is 16.3. The molecule has 2 aromatic carbocycles. The maximum absolute atomic E-state index is 12.9. The fraction of sp³-hybridized carbons (Fsp3) is 0.125. The Morgan fingerprint density at radius 1 is 0.900 bits per heavy atom. The van der Waals surface area contributed by atoms with Crippen LogP contribution in [0.15, 0.2) is 66.9 Å². The van der Waals surface area contributed by atoms with Crippen LogP contribution in [0.5, 0.6) is 0 Å². The van der Waals surface area contributed by atoms with Crippen LogP contribution in [-0.4, -0.2) is 27.9 Å². The molecular formula is C24H20N4O2. The molecule has 0 aliphatic carbocycles. The molecule has 0 saturated heterocycles. The molecule has 0 radical (unpaired) electrons. The lowest BCUT2D eigenvalue weighted by Gasteiger charge is -2.05. The first-order valence-electron chi connectivity index (χ1n) is 9.92. The van der Waals surface area contributed by atoms with Crippen LogP contribution in [0, 0.1) is 0 Å². The molecular weight excluding hydrogens is 376 g/mol. The minimum absolute atomic E-state index is 0.312. The fourth-order valence-electron chi connectivity index (χ4n) is 4.05. The molecule has 4 aromatic rings. The van der Waals surface area contributed by atoms with E-state index in [0.29, 0.717) is 23.4 Å². The number of aryl methyl sites for hydroxylation is 1. The number of nitrogens with two attached hydrogens (primary N) is 1. The van der Waals surface area contributed by atoms with Gasteiger partial charge in [0.2, 0.25) is 0 Å². The van der Waals surface area contributed by atoms with E-state index in [1.165, 1.54) is 0 Å². The number of benzene rings is 2. The quantitative estimate of drug-likeness (QED) is 0.507. The number of hydrogen-bond donors (Lipinski definition) is 2. The zero-order valence-electron chi connectivity index (χ0n) is 16.3. The number of pyridine rings is 1. The van der Waals surface area contributed by atoms with E-state index in [-0.39, 0.29) is 0 Å². The molecule has 2 amide bonds. The Morgan fingerprint density at radius 3 is 2.53 bits per heavy atom. The predicted molar refractivity (Wildman–Crippen MR) is 117 cm³/mol. The Labute approximate surface area is 173 Å². The Kier molecular flexibility index (Phi) is 4.41. The average Bonchev–Trinajstić information content (AvgIpc) is 3.28. The van der Waals surface area contributed by atoms with Crippen molar-refractivity contribution in [1.29, 1.82) is 0 Å². The Balaban J connectivity index is 1.75. The monoisotopic (exact) mass is 396 g/mol. The normalized spacial score (nSPS) is 14.2. The number of fused-ring (bicyclic) bond motifs is 2. The highest BCUT2D eigenvalue weighted by Crippen LogP contribution is 2.36. The lowest BCUT2D eigenvalue weighted by Crippen LogP contribution is -2.22. The molecule has 0 bridgehead atoms. The van der Waals surface area contributed by atoms with Crippen LogP contribution in [-0.2, 0) is 16.1 Å². The molecule has 5 rings (SSSR count). The van der Waals surface area contributed by atoms with Crippen molar-refractivity contribution in [2.45, 2.75) is 13.0 Å². The van der Waals surface area contributed by atoms with Crippen molar-refractivity contribution >= 4 is 44.8 Å². The van der Waals surface area contributed by atoms with E-state index in [1.54, 1.807) is 6.07 Å². The van der Waals surface area contributed by atoms with E-state index < -0.39 is 11.8 Å². The molecule has 3 heterocycles. The SMILES string of the molecule is NCCCn1cc(C2=C(c3ccc4ccccc4n3)C(=O)NC2=O)c2ccccc21. The van der Waals surface area contributed by atoms with E-state index in [9.17, 15) is 9.59 Å². The summed E-state index contributed by atoms with van der Waals surface area (Å²) in [5.74, 6) is -0.816. The third-order valence-corrected chi connectivity index (χ3v) is 5.45. The van der Waals surface area contributed by atoms with Gasteiger partial charge in [0.05, 0.1) is 22.4 Å². The summed E-state index contributed by atoms with van der Waals surface area (Å²) in [5.41, 5.74) is 9.38. The molecule has 0 atom stereocenters. The number of para-hydroxylation sites is 2. The topological polar surface area (TPSA) is 90.0 Å². The van der Waals surface area contributed by atoms with Crippen LogP contribution in [0.2, 0.25) is 0 Å². The minimum Gasteiger partial charge on any atom is -0.347 e. The average molecular weight is 396 g/mol. The molecule has 6 heteroatoms. The summed E-state index contributed by atoms with van der Waals surface area (Å²) >= 11 is 0. The first kappa shape index (κ1) is 18.3. The van der Waals surface area contributed by atoms with Gasteiger partial charge < -0.3 is 10.3 Å². The molecule has 6 nitrogen and oxygen atoms in total. The second-order valence-electron chi connectivity index (χ2n) is 7.32. The van der Waals surface area contributed by atoms with E-state index in [2.05, 4.69) is 14.9 Å². The number of imide groups is 1. The van der Waals surface area contributed by atoms with E-state index in [4.69, 9.17) is 5.73 Å². The van der Waals surface area contributed by atoms with Gasteiger partial charge in [-0.3, -0.25) is 14.9 Å². The highest BCUT2D eigenvalue weighted by Gasteiger charge is 2.34. The maximum atomic E-state index is 12.9. The van der Waals surface area contributed by atoms with Crippen LogP contribution in [0.4, 0.5) is 0 Å². The predicted octanol–water partition coefficient (Wildman–Crippen LogP) is 3.11. The van der Waals surface area contributed by atoms with Gasteiger partial charge in [-0.25, -0.2) is 4.98 Å². The van der Waals surface area contributed by atoms with Gasteiger partial charge >= 0.3 is 0 Å². The smallest absolute Gasteiger partial charge is 0.261 e. The maximum Gasteiger partial charge on any atom is 0.261 e. The molecule has 148 valence electrons. The summed E-state index contributed by atoms with van der Waals surface area (Å²) in [6.45, 7) is 1.32. The van der Waals surface area contributed by atoms with Crippen molar-refractivity contribution in [2.24, 2.45) is 5.73 Å². The number of rotatable bonds is 5. The van der Waals surface area contributed by atoms with Crippen LogP contribution < -0.4 is 11.1 Å². The van der Waals surface area contributed by atoms with Gasteiger partial charge in [0.25, 0.3) is 11.8 Å². The third kappa shape index (κ3) is 2.89. The molecule has 1 aliphatic rings.